The lowest BCUT2D eigenvalue weighted by Crippen LogP contribution is -2.49. The van der Waals surface area contributed by atoms with Crippen molar-refractivity contribution < 1.29 is 28.2 Å². The molecule has 0 radical (unpaired) electrons. The number of nitrogens with zero attached hydrogens (tertiary/aromatic N) is 2. The van der Waals surface area contributed by atoms with E-state index in [0.717, 1.165) is 35.6 Å². The third-order valence-electron chi connectivity index (χ3n) is 8.75. The van der Waals surface area contributed by atoms with Crippen LogP contribution in [-0.2, 0) is 10.0 Å². The van der Waals surface area contributed by atoms with E-state index in [1.54, 1.807) is 13.8 Å². The number of anilines is 1. The number of ether oxygens (including phenoxy) is 1. The molecule has 2 aliphatic rings. The maximum absolute atomic E-state index is 13.4. The molecule has 10 nitrogen and oxygen atoms in total. The van der Waals surface area contributed by atoms with E-state index in [2.05, 4.69) is 20.0 Å². The maximum Gasteiger partial charge on any atom is 0.335 e. The number of carboxylic acid groups (broad SMARTS) is 1. The zero-order valence-corrected chi connectivity index (χ0v) is 26.8. The monoisotopic (exact) mass is 622 g/mol. The molecule has 0 amide bonds. The standard InChI is InChI=1S/C33H42N4O6S/c1-20-8-6-9-21(2)27(20)28-22(3)29(36-31(35-28)37-44(41,42)26-11-7-10-23(16-26)30(38)39)43-19-24(12-13-32(4,5)40)34-25-17-33(18-25)14-15-33/h6-11,16,24-25,34,40H,12-15,17-19H2,1-5H3,(H,38,39)(H,35,36,37). The highest BCUT2D eigenvalue weighted by Gasteiger charge is 2.53. The third-order valence-corrected chi connectivity index (χ3v) is 10.1. The molecule has 1 unspecified atom stereocenters. The summed E-state index contributed by atoms with van der Waals surface area (Å²) < 4.78 is 35.5. The first-order chi connectivity index (χ1) is 20.6. The zero-order valence-electron chi connectivity index (χ0n) is 26.0. The van der Waals surface area contributed by atoms with Crippen LogP contribution >= 0.6 is 0 Å². The number of hydrogen-bond acceptors (Lipinski definition) is 8. The van der Waals surface area contributed by atoms with Crippen molar-refractivity contribution in [2.24, 2.45) is 5.41 Å². The molecule has 2 saturated carbocycles. The van der Waals surface area contributed by atoms with E-state index in [-0.39, 0.29) is 34.9 Å². The second-order valence-corrected chi connectivity index (χ2v) is 14.8. The highest BCUT2D eigenvalue weighted by molar-refractivity contribution is 7.92. The van der Waals surface area contributed by atoms with Gasteiger partial charge in [-0.1, -0.05) is 24.3 Å². The summed E-state index contributed by atoms with van der Waals surface area (Å²) in [5.74, 6) is -1.17. The van der Waals surface area contributed by atoms with Crippen molar-refractivity contribution in [3.63, 3.8) is 0 Å². The molecule has 11 heteroatoms. The fourth-order valence-corrected chi connectivity index (χ4v) is 7.02. The van der Waals surface area contributed by atoms with E-state index in [1.165, 1.54) is 31.0 Å². The fourth-order valence-electron chi connectivity index (χ4n) is 6.03. The number of rotatable bonds is 13. The van der Waals surface area contributed by atoms with Gasteiger partial charge in [0.15, 0.2) is 0 Å². The molecule has 1 heterocycles. The van der Waals surface area contributed by atoms with E-state index in [4.69, 9.17) is 4.74 Å². The van der Waals surface area contributed by atoms with Crippen molar-refractivity contribution in [2.75, 3.05) is 11.3 Å². The minimum absolute atomic E-state index is 0.0422. The van der Waals surface area contributed by atoms with Crippen molar-refractivity contribution >= 4 is 21.9 Å². The number of hydrogen-bond donors (Lipinski definition) is 4. The van der Waals surface area contributed by atoms with Gasteiger partial charge in [-0.15, -0.1) is 0 Å². The highest BCUT2D eigenvalue weighted by Crippen LogP contribution is 2.60. The first-order valence-electron chi connectivity index (χ1n) is 15.1. The molecule has 1 spiro atoms. The van der Waals surface area contributed by atoms with Gasteiger partial charge >= 0.3 is 5.97 Å². The summed E-state index contributed by atoms with van der Waals surface area (Å²) in [4.78, 5) is 20.4. The number of benzene rings is 2. The molecule has 44 heavy (non-hydrogen) atoms. The van der Waals surface area contributed by atoms with Crippen molar-refractivity contribution in [3.8, 4) is 17.1 Å². The maximum atomic E-state index is 13.4. The Balaban J connectivity index is 1.46. The largest absolute Gasteiger partial charge is 0.478 e. The topological polar surface area (TPSA) is 151 Å². The van der Waals surface area contributed by atoms with Crippen LogP contribution in [0.3, 0.4) is 0 Å². The molecule has 2 aromatic carbocycles. The Hall–Kier alpha value is -3.54. The van der Waals surface area contributed by atoms with E-state index in [0.29, 0.717) is 35.6 Å². The molecule has 1 atom stereocenters. The SMILES string of the molecule is Cc1cccc(C)c1-c1nc(NS(=O)(=O)c2cccc(C(=O)O)c2)nc(OCC(CCC(C)(C)O)NC2CC3(CC3)C2)c1C. The summed E-state index contributed by atoms with van der Waals surface area (Å²) in [6.45, 7) is 9.65. The Morgan fingerprint density at radius 3 is 2.36 bits per heavy atom. The molecule has 1 aromatic heterocycles. The molecule has 5 rings (SSSR count). The summed E-state index contributed by atoms with van der Waals surface area (Å²) in [5.41, 5.74) is 3.56. The molecule has 0 saturated heterocycles. The number of aliphatic hydroxyl groups is 1. The Morgan fingerprint density at radius 1 is 1.09 bits per heavy atom. The summed E-state index contributed by atoms with van der Waals surface area (Å²) in [6.07, 6.45) is 6.20. The highest BCUT2D eigenvalue weighted by atomic mass is 32.2. The lowest BCUT2D eigenvalue weighted by Gasteiger charge is -2.39. The number of nitrogens with one attached hydrogen (secondary N) is 2. The third kappa shape index (κ3) is 7.39. The second-order valence-electron chi connectivity index (χ2n) is 13.2. The van der Waals surface area contributed by atoms with E-state index in [9.17, 15) is 23.4 Å². The van der Waals surface area contributed by atoms with Crippen LogP contribution in [0.5, 0.6) is 5.88 Å². The number of carboxylic acids is 1. The van der Waals surface area contributed by atoms with Gasteiger partial charge < -0.3 is 20.3 Å². The number of sulfonamides is 1. The summed E-state index contributed by atoms with van der Waals surface area (Å²) in [5, 5.41) is 23.5. The smallest absolute Gasteiger partial charge is 0.335 e. The van der Waals surface area contributed by atoms with Gasteiger partial charge in [-0.25, -0.2) is 22.9 Å². The van der Waals surface area contributed by atoms with E-state index >= 15 is 0 Å². The number of aromatic nitrogens is 2. The molecule has 0 aliphatic heterocycles. The van der Waals surface area contributed by atoms with Gasteiger partial charge in [-0.2, -0.15) is 4.98 Å². The Labute approximate surface area is 259 Å². The van der Waals surface area contributed by atoms with Gasteiger partial charge in [0.25, 0.3) is 10.0 Å². The molecular weight excluding hydrogens is 580 g/mol. The Morgan fingerprint density at radius 2 is 1.75 bits per heavy atom. The summed E-state index contributed by atoms with van der Waals surface area (Å²) in [7, 11) is -4.23. The first kappa shape index (κ1) is 31.9. The van der Waals surface area contributed by atoms with Crippen LogP contribution in [0, 0.1) is 26.2 Å². The van der Waals surface area contributed by atoms with Crippen LogP contribution in [0.4, 0.5) is 5.95 Å². The number of aromatic carboxylic acids is 1. The first-order valence-corrected chi connectivity index (χ1v) is 16.6. The average Bonchev–Trinajstić information content (AvgIpc) is 3.72. The molecule has 236 valence electrons. The van der Waals surface area contributed by atoms with Crippen LogP contribution in [0.1, 0.15) is 79.4 Å². The zero-order chi connectivity index (χ0) is 31.9. The van der Waals surface area contributed by atoms with Gasteiger partial charge in [-0.3, -0.25) is 0 Å². The van der Waals surface area contributed by atoms with Gasteiger partial charge in [0, 0.05) is 23.2 Å². The minimum atomic E-state index is -4.23. The molecule has 2 aliphatic carbocycles. The molecule has 0 bridgehead atoms. The van der Waals surface area contributed by atoms with Crippen LogP contribution in [0.15, 0.2) is 47.4 Å². The fraction of sp³-hybridized carbons (Fsp3) is 0.485. The summed E-state index contributed by atoms with van der Waals surface area (Å²) >= 11 is 0. The number of aryl methyl sites for hydroxylation is 2. The molecular formula is C33H42N4O6S. The lowest BCUT2D eigenvalue weighted by molar-refractivity contribution is 0.0594. The quantitative estimate of drug-likeness (QED) is 0.196. The average molecular weight is 623 g/mol. The lowest BCUT2D eigenvalue weighted by atomic mass is 9.76. The molecule has 4 N–H and O–H groups in total. The van der Waals surface area contributed by atoms with Crippen LogP contribution < -0.4 is 14.8 Å². The number of carbonyl (C=O) groups is 1. The predicted octanol–water partition coefficient (Wildman–Crippen LogP) is 5.40. The van der Waals surface area contributed by atoms with Crippen LogP contribution in [0.2, 0.25) is 0 Å². The van der Waals surface area contributed by atoms with E-state index in [1.807, 2.05) is 39.0 Å². The van der Waals surface area contributed by atoms with Gasteiger partial charge in [-0.05, 0) is 108 Å². The van der Waals surface area contributed by atoms with Gasteiger partial charge in [0.2, 0.25) is 11.8 Å². The molecule has 3 aromatic rings. The normalized spacial score (nSPS) is 16.8. The van der Waals surface area contributed by atoms with Gasteiger partial charge in [0.1, 0.15) is 6.61 Å². The van der Waals surface area contributed by atoms with Crippen molar-refractivity contribution in [2.45, 2.75) is 95.7 Å². The van der Waals surface area contributed by atoms with Crippen LogP contribution in [-0.4, -0.2) is 58.9 Å². The predicted molar refractivity (Wildman–Crippen MR) is 169 cm³/mol. The summed E-state index contributed by atoms with van der Waals surface area (Å²) in [6, 6.07) is 11.4. The second kappa shape index (κ2) is 12.1. The minimum Gasteiger partial charge on any atom is -0.478 e. The van der Waals surface area contributed by atoms with Crippen molar-refractivity contribution in [1.82, 2.24) is 15.3 Å². The van der Waals surface area contributed by atoms with Crippen LogP contribution in [0.25, 0.3) is 11.3 Å². The Kier molecular flexibility index (Phi) is 8.76. The Bertz CT molecular complexity index is 1630. The van der Waals surface area contributed by atoms with Crippen molar-refractivity contribution in [3.05, 3.63) is 64.7 Å². The van der Waals surface area contributed by atoms with Gasteiger partial charge in [0.05, 0.1) is 21.8 Å². The van der Waals surface area contributed by atoms with Crippen molar-refractivity contribution in [1.29, 1.82) is 0 Å². The van der Waals surface area contributed by atoms with E-state index < -0.39 is 21.6 Å². The molecule has 2 fully saturated rings.